The van der Waals surface area contributed by atoms with Gasteiger partial charge in [-0.25, -0.2) is 0 Å². The molecule has 2 nitrogen and oxygen atoms in total. The Labute approximate surface area is 121 Å². The predicted octanol–water partition coefficient (Wildman–Crippen LogP) is 4.27. The van der Waals surface area contributed by atoms with Gasteiger partial charge in [0.2, 0.25) is 0 Å². The summed E-state index contributed by atoms with van der Waals surface area (Å²) in [5.74, 6) is 1.79. The Hall–Kier alpha value is -1.96. The van der Waals surface area contributed by atoms with E-state index in [2.05, 4.69) is 38.1 Å². The summed E-state index contributed by atoms with van der Waals surface area (Å²) in [6.07, 6.45) is 2.11. The minimum Gasteiger partial charge on any atom is -0.490 e. The summed E-state index contributed by atoms with van der Waals surface area (Å²) in [7, 11) is 0. The third-order valence-electron chi connectivity index (χ3n) is 3.28. The lowest BCUT2D eigenvalue weighted by Crippen LogP contribution is -2.08. The molecule has 106 valence electrons. The Balaban J connectivity index is 1.72. The molecule has 0 atom stereocenters. The molecule has 0 heterocycles. The van der Waals surface area contributed by atoms with Gasteiger partial charge in [-0.05, 0) is 48.2 Å². The normalized spacial score (nSPS) is 10.3. The minimum atomic E-state index is 0.557. The molecule has 2 heteroatoms. The third kappa shape index (κ3) is 4.30. The van der Waals surface area contributed by atoms with Crippen molar-refractivity contribution in [3.05, 3.63) is 59.7 Å². The summed E-state index contributed by atoms with van der Waals surface area (Å²) in [5.41, 5.74) is 2.65. The van der Waals surface area contributed by atoms with Gasteiger partial charge in [-0.3, -0.25) is 0 Å². The molecule has 0 bridgehead atoms. The molecule has 2 aromatic rings. The minimum absolute atomic E-state index is 0.557. The van der Waals surface area contributed by atoms with Crippen molar-refractivity contribution in [3.8, 4) is 11.5 Å². The van der Waals surface area contributed by atoms with E-state index in [1.54, 1.807) is 0 Å². The van der Waals surface area contributed by atoms with Crippen molar-refractivity contribution in [2.45, 2.75) is 26.7 Å². The van der Waals surface area contributed by atoms with Crippen LogP contribution in [0.3, 0.4) is 0 Å². The number of benzene rings is 2. The average Bonchev–Trinajstić information content (AvgIpc) is 2.53. The monoisotopic (exact) mass is 270 g/mol. The van der Waals surface area contributed by atoms with Crippen LogP contribution in [-0.2, 0) is 12.8 Å². The number of ether oxygens (including phenoxy) is 2. The number of rotatable bonds is 7. The molecule has 0 saturated heterocycles. The molecule has 2 aromatic carbocycles. The smallest absolute Gasteiger partial charge is 0.122 e. The van der Waals surface area contributed by atoms with Crippen LogP contribution in [-0.4, -0.2) is 13.2 Å². The van der Waals surface area contributed by atoms with Gasteiger partial charge in [-0.1, -0.05) is 38.1 Å². The summed E-state index contributed by atoms with van der Waals surface area (Å²) >= 11 is 0. The first-order valence-corrected chi connectivity index (χ1v) is 7.25. The first-order valence-electron chi connectivity index (χ1n) is 7.25. The van der Waals surface area contributed by atoms with Crippen LogP contribution in [0.4, 0.5) is 0 Å². The molecule has 0 saturated carbocycles. The van der Waals surface area contributed by atoms with Crippen molar-refractivity contribution >= 4 is 0 Å². The van der Waals surface area contributed by atoms with Crippen LogP contribution in [0.2, 0.25) is 0 Å². The maximum atomic E-state index is 5.65. The first kappa shape index (κ1) is 14.4. The summed E-state index contributed by atoms with van der Waals surface area (Å²) < 4.78 is 11.3. The Morgan fingerprint density at radius 3 is 1.25 bits per heavy atom. The second kappa shape index (κ2) is 7.59. The van der Waals surface area contributed by atoms with E-state index in [1.807, 2.05) is 24.3 Å². The summed E-state index contributed by atoms with van der Waals surface area (Å²) in [4.78, 5) is 0. The van der Waals surface area contributed by atoms with Gasteiger partial charge in [0.05, 0.1) is 0 Å². The van der Waals surface area contributed by atoms with E-state index in [0.717, 1.165) is 24.3 Å². The van der Waals surface area contributed by atoms with Gasteiger partial charge in [0.1, 0.15) is 24.7 Å². The molecule has 20 heavy (non-hydrogen) atoms. The van der Waals surface area contributed by atoms with Crippen molar-refractivity contribution in [1.29, 1.82) is 0 Å². The molecule has 0 aromatic heterocycles. The second-order valence-electron chi connectivity index (χ2n) is 4.69. The molecule has 0 fully saturated rings. The van der Waals surface area contributed by atoms with Gasteiger partial charge in [0.15, 0.2) is 0 Å². The molecule has 0 radical (unpaired) electrons. The first-order chi connectivity index (χ1) is 9.81. The highest BCUT2D eigenvalue weighted by molar-refractivity contribution is 5.28. The zero-order valence-corrected chi connectivity index (χ0v) is 12.3. The lowest BCUT2D eigenvalue weighted by molar-refractivity contribution is 0.217. The molecule has 0 aliphatic heterocycles. The van der Waals surface area contributed by atoms with Crippen LogP contribution < -0.4 is 9.47 Å². The molecule has 0 spiro atoms. The topological polar surface area (TPSA) is 18.5 Å². The molecule has 0 aliphatic rings. The van der Waals surface area contributed by atoms with Gasteiger partial charge >= 0.3 is 0 Å². The van der Waals surface area contributed by atoms with Crippen molar-refractivity contribution < 1.29 is 9.47 Å². The van der Waals surface area contributed by atoms with E-state index >= 15 is 0 Å². The van der Waals surface area contributed by atoms with Crippen LogP contribution in [0, 0.1) is 0 Å². The highest BCUT2D eigenvalue weighted by Gasteiger charge is 1.97. The van der Waals surface area contributed by atoms with Crippen LogP contribution in [0.25, 0.3) is 0 Å². The SMILES string of the molecule is CCc1ccc(OCCOc2ccc(CC)cc2)cc1. The predicted molar refractivity (Wildman–Crippen MR) is 82.6 cm³/mol. The molecule has 2 rings (SSSR count). The maximum absolute atomic E-state index is 5.65. The summed E-state index contributed by atoms with van der Waals surface area (Å²) in [6.45, 7) is 5.41. The standard InChI is InChI=1S/C18H22O2/c1-3-15-5-9-17(10-6-15)19-13-14-20-18-11-7-16(4-2)8-12-18/h5-12H,3-4,13-14H2,1-2H3. The summed E-state index contributed by atoms with van der Waals surface area (Å²) in [6, 6.07) is 16.4. The molecule has 0 N–H and O–H groups in total. The highest BCUT2D eigenvalue weighted by Crippen LogP contribution is 2.14. The van der Waals surface area contributed by atoms with Gasteiger partial charge in [0.25, 0.3) is 0 Å². The number of aryl methyl sites for hydroxylation is 2. The van der Waals surface area contributed by atoms with Gasteiger partial charge < -0.3 is 9.47 Å². The molecule has 0 aliphatic carbocycles. The van der Waals surface area contributed by atoms with Gasteiger partial charge in [-0.2, -0.15) is 0 Å². The second-order valence-corrected chi connectivity index (χ2v) is 4.69. The van der Waals surface area contributed by atoms with Crippen molar-refractivity contribution in [1.82, 2.24) is 0 Å². The van der Waals surface area contributed by atoms with Crippen LogP contribution >= 0.6 is 0 Å². The van der Waals surface area contributed by atoms with Gasteiger partial charge in [-0.15, -0.1) is 0 Å². The third-order valence-corrected chi connectivity index (χ3v) is 3.28. The van der Waals surface area contributed by atoms with Crippen LogP contribution in [0.15, 0.2) is 48.5 Å². The van der Waals surface area contributed by atoms with E-state index in [-0.39, 0.29) is 0 Å². The van der Waals surface area contributed by atoms with Gasteiger partial charge in [0, 0.05) is 0 Å². The van der Waals surface area contributed by atoms with Crippen LogP contribution in [0.5, 0.6) is 11.5 Å². The fraction of sp³-hybridized carbons (Fsp3) is 0.333. The van der Waals surface area contributed by atoms with E-state index in [0.29, 0.717) is 13.2 Å². The Kier molecular flexibility index (Phi) is 5.48. The highest BCUT2D eigenvalue weighted by atomic mass is 16.5. The maximum Gasteiger partial charge on any atom is 0.122 e. The zero-order valence-electron chi connectivity index (χ0n) is 12.3. The van der Waals surface area contributed by atoms with Crippen molar-refractivity contribution in [2.75, 3.05) is 13.2 Å². The average molecular weight is 270 g/mol. The zero-order chi connectivity index (χ0) is 14.2. The van der Waals surface area contributed by atoms with E-state index in [4.69, 9.17) is 9.47 Å². The van der Waals surface area contributed by atoms with E-state index in [1.165, 1.54) is 11.1 Å². The van der Waals surface area contributed by atoms with E-state index in [9.17, 15) is 0 Å². The van der Waals surface area contributed by atoms with Crippen molar-refractivity contribution in [3.63, 3.8) is 0 Å². The summed E-state index contributed by atoms with van der Waals surface area (Å²) in [5, 5.41) is 0. The van der Waals surface area contributed by atoms with Crippen molar-refractivity contribution in [2.24, 2.45) is 0 Å². The largest absolute Gasteiger partial charge is 0.490 e. The number of hydrogen-bond donors (Lipinski definition) is 0. The number of hydrogen-bond acceptors (Lipinski definition) is 2. The van der Waals surface area contributed by atoms with Crippen LogP contribution in [0.1, 0.15) is 25.0 Å². The van der Waals surface area contributed by atoms with E-state index < -0.39 is 0 Å². The fourth-order valence-corrected chi connectivity index (χ4v) is 1.96. The quantitative estimate of drug-likeness (QED) is 0.699. The fourth-order valence-electron chi connectivity index (χ4n) is 1.96. The molecular weight excluding hydrogens is 248 g/mol. The lowest BCUT2D eigenvalue weighted by atomic mass is 10.2. The Bertz CT molecular complexity index is 450. The Morgan fingerprint density at radius 2 is 0.950 bits per heavy atom. The lowest BCUT2D eigenvalue weighted by Gasteiger charge is -2.09. The molecule has 0 unspecified atom stereocenters. The Morgan fingerprint density at radius 1 is 0.600 bits per heavy atom. The molecular formula is C18H22O2. The molecule has 0 amide bonds.